The third kappa shape index (κ3) is 4.71. The van der Waals surface area contributed by atoms with Gasteiger partial charge in [0.1, 0.15) is 15.9 Å². The van der Waals surface area contributed by atoms with E-state index < -0.39 is 11.9 Å². The molecule has 0 radical (unpaired) electrons. The van der Waals surface area contributed by atoms with Crippen molar-refractivity contribution in [1.29, 1.82) is 0 Å². The highest BCUT2D eigenvalue weighted by molar-refractivity contribution is 7.17. The van der Waals surface area contributed by atoms with E-state index >= 15 is 0 Å². The fourth-order valence-corrected chi connectivity index (χ4v) is 6.25. The number of nitrogens with zero attached hydrogens (tertiary/aromatic N) is 2. The van der Waals surface area contributed by atoms with Crippen LogP contribution in [0.3, 0.4) is 0 Å². The minimum atomic E-state index is -0.612. The molecule has 1 aromatic heterocycles. The van der Waals surface area contributed by atoms with E-state index in [4.69, 9.17) is 0 Å². The maximum Gasteiger partial charge on any atom is 0.281 e. The second-order valence-electron chi connectivity index (χ2n) is 9.18. The third-order valence-electron chi connectivity index (χ3n) is 6.97. The van der Waals surface area contributed by atoms with Gasteiger partial charge in [-0.3, -0.25) is 25.2 Å². The molecule has 5 rings (SSSR count). The minimum absolute atomic E-state index is 0.0556. The zero-order chi connectivity index (χ0) is 24.4. The van der Waals surface area contributed by atoms with Gasteiger partial charge in [-0.15, -0.1) is 11.3 Å². The second-order valence-corrected chi connectivity index (χ2v) is 10.2. The van der Waals surface area contributed by atoms with Crippen LogP contribution in [0.5, 0.6) is 0 Å². The molecular weight excluding hydrogens is 460 g/mol. The number of benzene rings is 2. The Bertz CT molecular complexity index is 1230. The Morgan fingerprint density at radius 2 is 1.63 bits per heavy atom. The molecule has 1 aliphatic carbocycles. The number of hydrazine groups is 1. The lowest BCUT2D eigenvalue weighted by molar-refractivity contribution is -0.126. The molecule has 35 heavy (non-hydrogen) atoms. The topological polar surface area (TPSA) is 91.4 Å². The number of carbonyl (C=O) groups excluding carboxylic acids is 3. The van der Waals surface area contributed by atoms with Gasteiger partial charge in [-0.05, 0) is 44.2 Å². The molecule has 7 nitrogen and oxygen atoms in total. The maximum absolute atomic E-state index is 13.4. The van der Waals surface area contributed by atoms with Crippen molar-refractivity contribution in [3.05, 3.63) is 76.8 Å². The Labute approximate surface area is 208 Å². The number of fused-ring (bicyclic) bond motifs is 1. The molecule has 8 heteroatoms. The Morgan fingerprint density at radius 3 is 2.37 bits per heavy atom. The lowest BCUT2D eigenvalue weighted by atomic mass is 9.84. The summed E-state index contributed by atoms with van der Waals surface area (Å²) in [5.74, 6) is -0.591. The van der Waals surface area contributed by atoms with E-state index in [0.717, 1.165) is 36.3 Å². The van der Waals surface area contributed by atoms with Crippen molar-refractivity contribution >= 4 is 29.1 Å². The smallest absolute Gasteiger partial charge is 0.281 e. The van der Waals surface area contributed by atoms with Gasteiger partial charge >= 0.3 is 0 Å². The van der Waals surface area contributed by atoms with Crippen molar-refractivity contribution in [3.8, 4) is 10.6 Å². The molecule has 1 saturated heterocycles. The quantitative estimate of drug-likeness (QED) is 0.534. The van der Waals surface area contributed by atoms with Crippen LogP contribution in [0.1, 0.15) is 57.8 Å². The van der Waals surface area contributed by atoms with Crippen LogP contribution < -0.4 is 10.9 Å². The molecule has 2 N–H and O–H groups in total. The lowest BCUT2D eigenvalue weighted by Crippen LogP contribution is -2.53. The molecule has 3 unspecified atom stereocenters. The summed E-state index contributed by atoms with van der Waals surface area (Å²) in [6.07, 6.45) is 4.71. The molecule has 0 spiro atoms. The first-order chi connectivity index (χ1) is 17.0. The van der Waals surface area contributed by atoms with E-state index in [-0.39, 0.29) is 17.9 Å². The van der Waals surface area contributed by atoms with Gasteiger partial charge in [-0.1, -0.05) is 61.4 Å². The summed E-state index contributed by atoms with van der Waals surface area (Å²) in [6.45, 7) is 1.78. The van der Waals surface area contributed by atoms with Crippen LogP contribution in [0, 0.1) is 12.8 Å². The average Bonchev–Trinajstić information content (AvgIpc) is 3.49. The van der Waals surface area contributed by atoms with E-state index in [0.29, 0.717) is 28.5 Å². The van der Waals surface area contributed by atoms with Crippen molar-refractivity contribution in [1.82, 2.24) is 20.7 Å². The molecule has 3 aromatic rings. The van der Waals surface area contributed by atoms with Crippen molar-refractivity contribution in [2.24, 2.45) is 5.92 Å². The van der Waals surface area contributed by atoms with E-state index in [1.54, 1.807) is 24.0 Å². The highest BCUT2D eigenvalue weighted by atomic mass is 32.1. The van der Waals surface area contributed by atoms with Gasteiger partial charge in [0.05, 0.1) is 5.69 Å². The average molecular weight is 489 g/mol. The van der Waals surface area contributed by atoms with Crippen LogP contribution in [-0.2, 0) is 4.79 Å². The molecule has 2 aliphatic rings. The monoisotopic (exact) mass is 488 g/mol. The fourth-order valence-electron chi connectivity index (χ4n) is 5.29. The Morgan fingerprint density at radius 1 is 0.943 bits per heavy atom. The first-order valence-corrected chi connectivity index (χ1v) is 12.9. The van der Waals surface area contributed by atoms with Crippen LogP contribution in [0.4, 0.5) is 0 Å². The molecule has 3 atom stereocenters. The number of amides is 3. The summed E-state index contributed by atoms with van der Waals surface area (Å²) in [4.78, 5) is 46.3. The number of aryl methyl sites for hydroxylation is 1. The normalized spacial score (nSPS) is 21.3. The van der Waals surface area contributed by atoms with Gasteiger partial charge in [0.25, 0.3) is 17.7 Å². The predicted molar refractivity (Wildman–Crippen MR) is 135 cm³/mol. The zero-order valence-electron chi connectivity index (χ0n) is 19.6. The number of hydrogen-bond donors (Lipinski definition) is 2. The summed E-state index contributed by atoms with van der Waals surface area (Å²) >= 11 is 1.28. The Kier molecular flexibility index (Phi) is 6.63. The van der Waals surface area contributed by atoms with Crippen molar-refractivity contribution in [2.45, 2.75) is 51.1 Å². The highest BCUT2D eigenvalue weighted by Crippen LogP contribution is 2.40. The van der Waals surface area contributed by atoms with Crippen LogP contribution in [0.2, 0.25) is 0 Å². The molecule has 2 aromatic carbocycles. The van der Waals surface area contributed by atoms with Gasteiger partial charge in [0, 0.05) is 17.2 Å². The zero-order valence-corrected chi connectivity index (χ0v) is 20.4. The van der Waals surface area contributed by atoms with Crippen LogP contribution in [0.15, 0.2) is 60.7 Å². The second kappa shape index (κ2) is 10.00. The van der Waals surface area contributed by atoms with E-state index in [1.165, 1.54) is 11.3 Å². The fraction of sp³-hybridized carbons (Fsp3) is 0.333. The highest BCUT2D eigenvalue weighted by Gasteiger charge is 2.47. The molecule has 0 bridgehead atoms. The molecule has 2 fully saturated rings. The molecular formula is C27H28N4O3S. The molecule has 180 valence electrons. The van der Waals surface area contributed by atoms with Gasteiger partial charge in [-0.2, -0.15) is 0 Å². The standard InChI is InChI=1S/C27H28N4O3S/c1-17-23(35-26(28-17)18-10-4-2-5-11-18)25(33)30-29-24(32)22-16-20-14-8-9-15-21(20)31(22)27(34)19-12-6-3-7-13-19/h2-7,10-13,20-22H,8-9,14-16H2,1H3,(H,29,32)(H,30,33). The summed E-state index contributed by atoms with van der Waals surface area (Å²) in [6, 6.07) is 18.2. The van der Waals surface area contributed by atoms with E-state index in [2.05, 4.69) is 15.8 Å². The minimum Gasteiger partial charge on any atom is -0.323 e. The number of rotatable bonds is 4. The number of hydrogen-bond acceptors (Lipinski definition) is 5. The molecule has 3 amide bonds. The maximum atomic E-state index is 13.4. The number of nitrogens with one attached hydrogen (secondary N) is 2. The number of aromatic nitrogens is 1. The predicted octanol–water partition coefficient (Wildman–Crippen LogP) is 4.35. The SMILES string of the molecule is Cc1nc(-c2ccccc2)sc1C(=O)NNC(=O)C1CC2CCCCC2N1C(=O)c1ccccc1. The first kappa shape index (κ1) is 23.2. The lowest BCUT2D eigenvalue weighted by Gasteiger charge is -2.33. The van der Waals surface area contributed by atoms with Crippen molar-refractivity contribution < 1.29 is 14.4 Å². The number of carbonyl (C=O) groups is 3. The largest absolute Gasteiger partial charge is 0.323 e. The summed E-state index contributed by atoms with van der Waals surface area (Å²) < 4.78 is 0. The molecule has 2 heterocycles. The molecule has 1 aliphatic heterocycles. The summed E-state index contributed by atoms with van der Waals surface area (Å²) in [5, 5.41) is 0.749. The van der Waals surface area contributed by atoms with Gasteiger partial charge in [0.2, 0.25) is 0 Å². The van der Waals surface area contributed by atoms with Gasteiger partial charge < -0.3 is 4.90 Å². The summed E-state index contributed by atoms with van der Waals surface area (Å²) in [7, 11) is 0. The van der Waals surface area contributed by atoms with Crippen molar-refractivity contribution in [3.63, 3.8) is 0 Å². The van der Waals surface area contributed by atoms with Crippen LogP contribution in [-0.4, -0.2) is 39.7 Å². The van der Waals surface area contributed by atoms with E-state index in [9.17, 15) is 14.4 Å². The van der Waals surface area contributed by atoms with Crippen LogP contribution in [0.25, 0.3) is 10.6 Å². The van der Waals surface area contributed by atoms with Gasteiger partial charge in [0.15, 0.2) is 0 Å². The van der Waals surface area contributed by atoms with Gasteiger partial charge in [-0.25, -0.2) is 4.98 Å². The third-order valence-corrected chi connectivity index (χ3v) is 8.17. The molecule has 1 saturated carbocycles. The Balaban J connectivity index is 1.30. The van der Waals surface area contributed by atoms with Crippen molar-refractivity contribution in [2.75, 3.05) is 0 Å². The van der Waals surface area contributed by atoms with E-state index in [1.807, 2.05) is 48.5 Å². The Hall–Kier alpha value is -3.52. The first-order valence-electron chi connectivity index (χ1n) is 12.0. The number of thiazole rings is 1. The summed E-state index contributed by atoms with van der Waals surface area (Å²) in [5.41, 5.74) is 7.27. The van der Waals surface area contributed by atoms with Crippen LogP contribution >= 0.6 is 11.3 Å². The number of likely N-dealkylation sites (tertiary alicyclic amines) is 1.